The summed E-state index contributed by atoms with van der Waals surface area (Å²) in [5.74, 6) is 0.858. The Kier molecular flexibility index (Phi) is 4.57. The molecule has 0 spiro atoms. The molecule has 1 N–H and O–H groups in total. The van der Waals surface area contributed by atoms with Crippen LogP contribution in [0.15, 0.2) is 12.3 Å². The number of aromatic nitrogens is 2. The average Bonchev–Trinajstić information content (AvgIpc) is 3.00. The molecule has 0 unspecified atom stereocenters. The molecule has 0 atom stereocenters. The summed E-state index contributed by atoms with van der Waals surface area (Å²) in [6, 6.07) is 2.50. The minimum atomic E-state index is 0.436. The Bertz CT molecular complexity index is 331. The standard InChI is InChI=1S/C13H23N3O/c1-11(2)16-7-5-13(15-16)9-14-6-8-17-10-12-3-4-12/h5,7,11-12,14H,3-4,6,8-10H2,1-2H3. The van der Waals surface area contributed by atoms with Crippen LogP contribution in [0.25, 0.3) is 0 Å². The lowest BCUT2D eigenvalue weighted by Crippen LogP contribution is -2.20. The fraction of sp³-hybridized carbons (Fsp3) is 0.769. The van der Waals surface area contributed by atoms with Gasteiger partial charge in [-0.1, -0.05) is 0 Å². The zero-order valence-corrected chi connectivity index (χ0v) is 10.9. The minimum Gasteiger partial charge on any atom is -0.380 e. The molecule has 1 aliphatic carbocycles. The lowest BCUT2D eigenvalue weighted by Gasteiger charge is -2.05. The first-order valence-corrected chi connectivity index (χ1v) is 6.58. The van der Waals surface area contributed by atoms with Crippen LogP contribution in [0.2, 0.25) is 0 Å². The quantitative estimate of drug-likeness (QED) is 0.703. The molecule has 2 rings (SSSR count). The van der Waals surface area contributed by atoms with Gasteiger partial charge in [0.15, 0.2) is 0 Å². The van der Waals surface area contributed by atoms with Crippen LogP contribution in [0.3, 0.4) is 0 Å². The summed E-state index contributed by atoms with van der Waals surface area (Å²) in [7, 11) is 0. The maximum absolute atomic E-state index is 5.55. The lowest BCUT2D eigenvalue weighted by molar-refractivity contribution is 0.126. The average molecular weight is 237 g/mol. The van der Waals surface area contributed by atoms with E-state index >= 15 is 0 Å². The fourth-order valence-electron chi connectivity index (χ4n) is 1.65. The lowest BCUT2D eigenvalue weighted by atomic mass is 10.4. The molecule has 1 heterocycles. The second-order valence-electron chi connectivity index (χ2n) is 5.08. The van der Waals surface area contributed by atoms with Crippen LogP contribution in [0.1, 0.15) is 38.4 Å². The summed E-state index contributed by atoms with van der Waals surface area (Å²) in [4.78, 5) is 0. The highest BCUT2D eigenvalue weighted by molar-refractivity contribution is 4.98. The summed E-state index contributed by atoms with van der Waals surface area (Å²) < 4.78 is 7.54. The van der Waals surface area contributed by atoms with Gasteiger partial charge in [-0.05, 0) is 38.7 Å². The van der Waals surface area contributed by atoms with Crippen molar-refractivity contribution in [1.29, 1.82) is 0 Å². The van der Waals surface area contributed by atoms with E-state index in [9.17, 15) is 0 Å². The number of hydrogen-bond donors (Lipinski definition) is 1. The van der Waals surface area contributed by atoms with Crippen molar-refractivity contribution >= 4 is 0 Å². The summed E-state index contributed by atoms with van der Waals surface area (Å²) in [6.45, 7) is 7.75. The van der Waals surface area contributed by atoms with E-state index in [0.717, 1.165) is 37.9 Å². The molecule has 96 valence electrons. The van der Waals surface area contributed by atoms with Crippen LogP contribution in [0.4, 0.5) is 0 Å². The molecule has 1 fully saturated rings. The third-order valence-electron chi connectivity index (χ3n) is 2.97. The van der Waals surface area contributed by atoms with Crippen LogP contribution in [-0.4, -0.2) is 29.5 Å². The molecule has 1 aliphatic rings. The largest absolute Gasteiger partial charge is 0.380 e. The van der Waals surface area contributed by atoms with Crippen LogP contribution in [0.5, 0.6) is 0 Å². The first-order valence-electron chi connectivity index (χ1n) is 6.58. The third-order valence-corrected chi connectivity index (χ3v) is 2.97. The molecule has 4 heteroatoms. The minimum absolute atomic E-state index is 0.436. The Morgan fingerprint density at radius 1 is 1.53 bits per heavy atom. The molecule has 0 aliphatic heterocycles. The van der Waals surface area contributed by atoms with Crippen LogP contribution in [0, 0.1) is 5.92 Å². The van der Waals surface area contributed by atoms with Gasteiger partial charge in [0, 0.05) is 31.9 Å². The predicted octanol–water partition coefficient (Wildman–Crippen LogP) is 1.98. The van der Waals surface area contributed by atoms with E-state index in [2.05, 4.69) is 30.3 Å². The Balaban J connectivity index is 1.54. The SMILES string of the molecule is CC(C)n1ccc(CNCCOCC2CC2)n1. The van der Waals surface area contributed by atoms with Gasteiger partial charge in [0.05, 0.1) is 12.3 Å². The highest BCUT2D eigenvalue weighted by atomic mass is 16.5. The first kappa shape index (κ1) is 12.6. The smallest absolute Gasteiger partial charge is 0.0762 e. The third kappa shape index (κ3) is 4.48. The van der Waals surface area contributed by atoms with E-state index in [4.69, 9.17) is 4.74 Å². The van der Waals surface area contributed by atoms with E-state index in [1.165, 1.54) is 12.8 Å². The normalized spacial score (nSPS) is 15.7. The first-order chi connectivity index (χ1) is 8.25. The van der Waals surface area contributed by atoms with E-state index in [0.29, 0.717) is 6.04 Å². The topological polar surface area (TPSA) is 39.1 Å². The van der Waals surface area contributed by atoms with Gasteiger partial charge in [-0.2, -0.15) is 5.10 Å². The van der Waals surface area contributed by atoms with Crippen molar-refractivity contribution < 1.29 is 4.74 Å². The summed E-state index contributed by atoms with van der Waals surface area (Å²) >= 11 is 0. The highest BCUT2D eigenvalue weighted by Crippen LogP contribution is 2.28. The summed E-state index contributed by atoms with van der Waals surface area (Å²) in [5.41, 5.74) is 1.10. The van der Waals surface area contributed by atoms with Crippen molar-refractivity contribution in [3.8, 4) is 0 Å². The Hall–Kier alpha value is -0.870. The molecule has 0 bridgehead atoms. The van der Waals surface area contributed by atoms with E-state index in [1.54, 1.807) is 0 Å². The second kappa shape index (κ2) is 6.17. The van der Waals surface area contributed by atoms with Crippen molar-refractivity contribution in [2.45, 2.75) is 39.3 Å². The van der Waals surface area contributed by atoms with E-state index in [-0.39, 0.29) is 0 Å². The van der Waals surface area contributed by atoms with Gasteiger partial charge < -0.3 is 10.1 Å². The van der Waals surface area contributed by atoms with Crippen LogP contribution in [-0.2, 0) is 11.3 Å². The Morgan fingerprint density at radius 2 is 2.35 bits per heavy atom. The van der Waals surface area contributed by atoms with Gasteiger partial charge in [-0.15, -0.1) is 0 Å². The predicted molar refractivity (Wildman–Crippen MR) is 67.9 cm³/mol. The maximum Gasteiger partial charge on any atom is 0.0762 e. The van der Waals surface area contributed by atoms with Crippen LogP contribution >= 0.6 is 0 Å². The molecule has 0 amide bonds. The van der Waals surface area contributed by atoms with Gasteiger partial charge in [0.2, 0.25) is 0 Å². The Labute approximate surface area is 103 Å². The van der Waals surface area contributed by atoms with Gasteiger partial charge in [0.1, 0.15) is 0 Å². The van der Waals surface area contributed by atoms with E-state index < -0.39 is 0 Å². The second-order valence-corrected chi connectivity index (χ2v) is 5.08. The Morgan fingerprint density at radius 3 is 3.00 bits per heavy atom. The number of nitrogens with zero attached hydrogens (tertiary/aromatic N) is 2. The van der Waals surface area contributed by atoms with Crippen molar-refractivity contribution in [2.75, 3.05) is 19.8 Å². The van der Waals surface area contributed by atoms with Gasteiger partial charge in [0.25, 0.3) is 0 Å². The monoisotopic (exact) mass is 237 g/mol. The van der Waals surface area contributed by atoms with Gasteiger partial charge in [-0.25, -0.2) is 0 Å². The summed E-state index contributed by atoms with van der Waals surface area (Å²) in [6.07, 6.45) is 4.76. The van der Waals surface area contributed by atoms with E-state index in [1.807, 2.05) is 10.9 Å². The van der Waals surface area contributed by atoms with Gasteiger partial charge in [-0.3, -0.25) is 4.68 Å². The zero-order valence-electron chi connectivity index (χ0n) is 10.9. The number of ether oxygens (including phenoxy) is 1. The summed E-state index contributed by atoms with van der Waals surface area (Å²) in [5, 5.41) is 7.83. The molecule has 4 nitrogen and oxygen atoms in total. The van der Waals surface area contributed by atoms with Crippen molar-refractivity contribution in [1.82, 2.24) is 15.1 Å². The molecular weight excluding hydrogens is 214 g/mol. The molecule has 1 aromatic rings. The van der Waals surface area contributed by atoms with Crippen LogP contribution < -0.4 is 5.32 Å². The number of rotatable bonds is 8. The van der Waals surface area contributed by atoms with Crippen molar-refractivity contribution in [3.63, 3.8) is 0 Å². The van der Waals surface area contributed by atoms with Crippen molar-refractivity contribution in [3.05, 3.63) is 18.0 Å². The molecular formula is C13H23N3O. The fourth-order valence-corrected chi connectivity index (χ4v) is 1.65. The number of hydrogen-bond acceptors (Lipinski definition) is 3. The van der Waals surface area contributed by atoms with Gasteiger partial charge >= 0.3 is 0 Å². The molecule has 0 aromatic carbocycles. The molecule has 1 aromatic heterocycles. The zero-order chi connectivity index (χ0) is 12.1. The molecule has 1 saturated carbocycles. The van der Waals surface area contributed by atoms with Crippen molar-refractivity contribution in [2.24, 2.45) is 5.92 Å². The highest BCUT2D eigenvalue weighted by Gasteiger charge is 2.20. The molecule has 0 radical (unpaired) electrons. The molecule has 0 saturated heterocycles. The number of nitrogens with one attached hydrogen (secondary N) is 1. The molecule has 17 heavy (non-hydrogen) atoms. The maximum atomic E-state index is 5.55.